The van der Waals surface area contributed by atoms with Crippen LogP contribution < -0.4 is 5.73 Å². The molecule has 0 saturated carbocycles. The predicted octanol–water partition coefficient (Wildman–Crippen LogP) is 2.81. The van der Waals surface area contributed by atoms with Crippen LogP contribution in [0, 0.1) is 0 Å². The summed E-state index contributed by atoms with van der Waals surface area (Å²) in [6, 6.07) is 6.15. The molecule has 0 fully saturated rings. The summed E-state index contributed by atoms with van der Waals surface area (Å²) in [5.41, 5.74) is 9.28. The van der Waals surface area contributed by atoms with Crippen molar-refractivity contribution in [3.63, 3.8) is 0 Å². The van der Waals surface area contributed by atoms with Gasteiger partial charge in [0.2, 0.25) is 0 Å². The molecule has 2 N–H and O–H groups in total. The van der Waals surface area contributed by atoms with E-state index in [0.29, 0.717) is 0 Å². The molecular weight excluding hydrogens is 292 g/mol. The second-order valence-corrected chi connectivity index (χ2v) is 5.49. The summed E-state index contributed by atoms with van der Waals surface area (Å²) in [5.74, 6) is 0. The first kappa shape index (κ1) is 13.6. The zero-order valence-corrected chi connectivity index (χ0v) is 12.2. The van der Waals surface area contributed by atoms with Gasteiger partial charge in [0.05, 0.1) is 6.61 Å². The molecule has 1 aromatic rings. The van der Waals surface area contributed by atoms with Crippen LogP contribution in [0.5, 0.6) is 0 Å². The Labute approximate surface area is 117 Å². The Balaban J connectivity index is 1.93. The van der Waals surface area contributed by atoms with Gasteiger partial charge in [-0.3, -0.25) is 4.90 Å². The van der Waals surface area contributed by atoms with E-state index in [-0.39, 0.29) is 0 Å². The van der Waals surface area contributed by atoms with Crippen LogP contribution in [0.15, 0.2) is 34.3 Å². The highest BCUT2D eigenvalue weighted by atomic mass is 79.9. The molecule has 0 saturated heterocycles. The Hall–Kier alpha value is -0.840. The van der Waals surface area contributed by atoms with Gasteiger partial charge in [-0.15, -0.1) is 0 Å². The molecule has 0 amide bonds. The minimum Gasteiger partial charge on any atom is -0.398 e. The monoisotopic (exact) mass is 310 g/mol. The largest absolute Gasteiger partial charge is 0.398 e. The van der Waals surface area contributed by atoms with E-state index in [1.807, 2.05) is 6.07 Å². The van der Waals surface area contributed by atoms with Gasteiger partial charge in [-0.2, -0.15) is 0 Å². The van der Waals surface area contributed by atoms with E-state index in [2.05, 4.69) is 39.0 Å². The first-order valence-electron chi connectivity index (χ1n) is 6.12. The highest BCUT2D eigenvalue weighted by Gasteiger charge is 2.12. The van der Waals surface area contributed by atoms with Crippen LogP contribution in [0.2, 0.25) is 0 Å². The number of hydrogen-bond acceptors (Lipinski definition) is 3. The van der Waals surface area contributed by atoms with Gasteiger partial charge in [0, 0.05) is 36.9 Å². The van der Waals surface area contributed by atoms with Gasteiger partial charge in [0.15, 0.2) is 0 Å². The van der Waals surface area contributed by atoms with E-state index in [1.54, 1.807) is 7.11 Å². The van der Waals surface area contributed by atoms with Crippen LogP contribution in [0.1, 0.15) is 12.0 Å². The fourth-order valence-corrected chi connectivity index (χ4v) is 2.57. The number of halogens is 1. The molecule has 18 heavy (non-hydrogen) atoms. The third kappa shape index (κ3) is 3.57. The second-order valence-electron chi connectivity index (χ2n) is 4.64. The summed E-state index contributed by atoms with van der Waals surface area (Å²) < 4.78 is 6.14. The highest BCUT2D eigenvalue weighted by molar-refractivity contribution is 9.10. The van der Waals surface area contributed by atoms with Crippen molar-refractivity contribution < 1.29 is 4.74 Å². The van der Waals surface area contributed by atoms with Crippen molar-refractivity contribution in [3.8, 4) is 0 Å². The molecule has 0 spiro atoms. The minimum atomic E-state index is 0.765. The van der Waals surface area contributed by atoms with E-state index in [0.717, 1.165) is 42.8 Å². The average molecular weight is 311 g/mol. The second kappa shape index (κ2) is 6.36. The van der Waals surface area contributed by atoms with Gasteiger partial charge in [-0.25, -0.2) is 0 Å². The van der Waals surface area contributed by atoms with Crippen molar-refractivity contribution in [2.24, 2.45) is 0 Å². The molecule has 0 unspecified atom stereocenters. The van der Waals surface area contributed by atoms with E-state index in [4.69, 9.17) is 10.5 Å². The summed E-state index contributed by atoms with van der Waals surface area (Å²) in [5, 5.41) is 0. The molecule has 1 aromatic carbocycles. The number of nitrogens with zero attached hydrogens (tertiary/aromatic N) is 1. The Morgan fingerprint density at radius 1 is 1.44 bits per heavy atom. The fraction of sp³-hybridized carbons (Fsp3) is 0.429. The zero-order chi connectivity index (χ0) is 13.0. The molecule has 0 radical (unpaired) electrons. The summed E-state index contributed by atoms with van der Waals surface area (Å²) in [7, 11) is 1.75. The predicted molar refractivity (Wildman–Crippen MR) is 78.4 cm³/mol. The van der Waals surface area contributed by atoms with E-state index in [1.165, 1.54) is 11.1 Å². The Bertz CT molecular complexity index is 445. The first-order valence-corrected chi connectivity index (χ1v) is 6.91. The number of nitrogen functional groups attached to an aromatic ring is 1. The van der Waals surface area contributed by atoms with Crippen LogP contribution in [0.4, 0.5) is 5.69 Å². The zero-order valence-electron chi connectivity index (χ0n) is 10.7. The lowest BCUT2D eigenvalue weighted by Gasteiger charge is -2.26. The molecular formula is C14H19BrN2O. The van der Waals surface area contributed by atoms with E-state index >= 15 is 0 Å². The molecule has 1 aliphatic heterocycles. The molecule has 1 heterocycles. The van der Waals surface area contributed by atoms with Crippen molar-refractivity contribution in [1.29, 1.82) is 0 Å². The van der Waals surface area contributed by atoms with Gasteiger partial charge in [-0.05, 0) is 45.6 Å². The van der Waals surface area contributed by atoms with Crippen molar-refractivity contribution in [3.05, 3.63) is 39.9 Å². The van der Waals surface area contributed by atoms with Crippen LogP contribution >= 0.6 is 15.9 Å². The molecule has 4 heteroatoms. The molecule has 0 atom stereocenters. The summed E-state index contributed by atoms with van der Waals surface area (Å²) in [6.45, 7) is 3.83. The Kier molecular flexibility index (Phi) is 4.80. The molecule has 0 bridgehead atoms. The lowest BCUT2D eigenvalue weighted by Crippen LogP contribution is -2.29. The average Bonchev–Trinajstić information content (AvgIpc) is 2.37. The van der Waals surface area contributed by atoms with Crippen LogP contribution in [-0.4, -0.2) is 31.7 Å². The number of ether oxygens (including phenoxy) is 1. The highest BCUT2D eigenvalue weighted by Crippen LogP contribution is 2.22. The molecule has 1 aliphatic rings. The van der Waals surface area contributed by atoms with Gasteiger partial charge in [0.25, 0.3) is 0 Å². The number of rotatable bonds is 4. The molecule has 2 rings (SSSR count). The van der Waals surface area contributed by atoms with Crippen LogP contribution in [-0.2, 0) is 11.3 Å². The molecule has 0 aromatic heterocycles. The summed E-state index contributed by atoms with van der Waals surface area (Å²) >= 11 is 3.47. The number of anilines is 1. The molecule has 98 valence electrons. The molecule has 0 aliphatic carbocycles. The number of methoxy groups -OCH3 is 1. The summed E-state index contributed by atoms with van der Waals surface area (Å²) in [4.78, 5) is 2.43. The topological polar surface area (TPSA) is 38.5 Å². The first-order chi connectivity index (χ1) is 8.69. The van der Waals surface area contributed by atoms with E-state index < -0.39 is 0 Å². The van der Waals surface area contributed by atoms with Gasteiger partial charge in [0.1, 0.15) is 0 Å². The van der Waals surface area contributed by atoms with Gasteiger partial charge in [-0.1, -0.05) is 12.1 Å². The standard InChI is InChI=1S/C14H19BrN2O/c1-18-10-11-4-6-17(7-5-11)9-12-2-3-14(16)13(15)8-12/h2-4,8H,5-7,9-10,16H2,1H3. The Morgan fingerprint density at radius 2 is 2.28 bits per heavy atom. The van der Waals surface area contributed by atoms with Crippen molar-refractivity contribution in [2.75, 3.05) is 32.5 Å². The number of hydrogen-bond donors (Lipinski definition) is 1. The smallest absolute Gasteiger partial charge is 0.0673 e. The number of nitrogens with two attached hydrogens (primary N) is 1. The van der Waals surface area contributed by atoms with E-state index in [9.17, 15) is 0 Å². The van der Waals surface area contributed by atoms with Gasteiger partial charge >= 0.3 is 0 Å². The quantitative estimate of drug-likeness (QED) is 0.686. The van der Waals surface area contributed by atoms with Crippen LogP contribution in [0.3, 0.4) is 0 Å². The molecule has 3 nitrogen and oxygen atoms in total. The third-order valence-corrected chi connectivity index (χ3v) is 3.87. The third-order valence-electron chi connectivity index (χ3n) is 3.19. The van der Waals surface area contributed by atoms with Crippen LogP contribution in [0.25, 0.3) is 0 Å². The fourth-order valence-electron chi connectivity index (χ4n) is 2.14. The lowest BCUT2D eigenvalue weighted by atomic mass is 10.1. The van der Waals surface area contributed by atoms with Crippen molar-refractivity contribution in [1.82, 2.24) is 4.90 Å². The maximum Gasteiger partial charge on any atom is 0.0673 e. The van der Waals surface area contributed by atoms with Crippen molar-refractivity contribution >= 4 is 21.6 Å². The maximum absolute atomic E-state index is 5.79. The minimum absolute atomic E-state index is 0.765. The summed E-state index contributed by atoms with van der Waals surface area (Å²) in [6.07, 6.45) is 3.38. The number of benzene rings is 1. The SMILES string of the molecule is COCC1=CCN(Cc2ccc(N)c(Br)c2)CC1. The van der Waals surface area contributed by atoms with Crippen molar-refractivity contribution in [2.45, 2.75) is 13.0 Å². The van der Waals surface area contributed by atoms with Gasteiger partial charge < -0.3 is 10.5 Å². The lowest BCUT2D eigenvalue weighted by molar-refractivity contribution is 0.210. The Morgan fingerprint density at radius 3 is 2.89 bits per heavy atom. The maximum atomic E-state index is 5.79. The normalized spacial score (nSPS) is 16.7.